The third-order valence-electron chi connectivity index (χ3n) is 6.04. The van der Waals surface area contributed by atoms with Crippen molar-refractivity contribution in [1.82, 2.24) is 24.0 Å². The van der Waals surface area contributed by atoms with Crippen molar-refractivity contribution >= 4 is 5.65 Å². The van der Waals surface area contributed by atoms with Crippen LogP contribution < -0.4 is 5.69 Å². The minimum Gasteiger partial charge on any atom is -0.302 e. The van der Waals surface area contributed by atoms with Gasteiger partial charge in [0.15, 0.2) is 5.65 Å². The fraction of sp³-hybridized carbons (Fsp3) is 0.700. The first kappa shape index (κ1) is 17.7. The third-order valence-corrected chi connectivity index (χ3v) is 6.04. The van der Waals surface area contributed by atoms with Crippen molar-refractivity contribution in [2.24, 2.45) is 5.92 Å². The van der Waals surface area contributed by atoms with Crippen LogP contribution in [0.3, 0.4) is 0 Å². The van der Waals surface area contributed by atoms with Crippen LogP contribution in [0, 0.1) is 5.92 Å². The molecular weight excluding hydrogens is 326 g/mol. The second kappa shape index (κ2) is 8.35. The Morgan fingerprint density at radius 1 is 0.923 bits per heavy atom. The van der Waals surface area contributed by atoms with Gasteiger partial charge in [-0.2, -0.15) is 0 Å². The Hall–Kier alpha value is -1.66. The lowest BCUT2D eigenvalue weighted by atomic mass is 9.89. The van der Waals surface area contributed by atoms with Crippen molar-refractivity contribution in [2.75, 3.05) is 39.3 Å². The number of nitrogens with zero attached hydrogens (tertiary/aromatic N) is 5. The van der Waals surface area contributed by atoms with Crippen molar-refractivity contribution in [3.05, 3.63) is 34.9 Å². The van der Waals surface area contributed by atoms with Gasteiger partial charge in [0, 0.05) is 32.4 Å². The van der Waals surface area contributed by atoms with E-state index in [1.165, 1.54) is 51.6 Å². The Morgan fingerprint density at radius 2 is 1.73 bits per heavy atom. The molecule has 1 aliphatic carbocycles. The molecule has 4 rings (SSSR count). The molecular formula is C20H31N5O. The summed E-state index contributed by atoms with van der Waals surface area (Å²) in [7, 11) is 0. The Labute approximate surface area is 155 Å². The highest BCUT2D eigenvalue weighted by molar-refractivity contribution is 5.35. The lowest BCUT2D eigenvalue weighted by Crippen LogP contribution is -2.36. The number of pyridine rings is 1. The van der Waals surface area contributed by atoms with Crippen LogP contribution in [-0.2, 0) is 6.54 Å². The quantitative estimate of drug-likeness (QED) is 0.822. The summed E-state index contributed by atoms with van der Waals surface area (Å²) in [6, 6.07) is 5.67. The molecule has 0 bridgehead atoms. The van der Waals surface area contributed by atoms with E-state index in [1.807, 2.05) is 18.2 Å². The second-order valence-electron chi connectivity index (χ2n) is 7.93. The molecule has 6 heteroatoms. The topological polar surface area (TPSA) is 45.8 Å². The summed E-state index contributed by atoms with van der Waals surface area (Å²) in [4.78, 5) is 17.6. The van der Waals surface area contributed by atoms with Crippen molar-refractivity contribution < 1.29 is 0 Å². The van der Waals surface area contributed by atoms with Gasteiger partial charge >= 0.3 is 5.69 Å². The first-order valence-electron chi connectivity index (χ1n) is 10.3. The van der Waals surface area contributed by atoms with Gasteiger partial charge in [0.25, 0.3) is 0 Å². The molecule has 142 valence electrons. The lowest BCUT2D eigenvalue weighted by Gasteiger charge is -2.28. The van der Waals surface area contributed by atoms with E-state index in [2.05, 4.69) is 14.9 Å². The Morgan fingerprint density at radius 3 is 2.58 bits per heavy atom. The first-order valence-corrected chi connectivity index (χ1v) is 10.3. The Kier molecular flexibility index (Phi) is 5.70. The maximum absolute atomic E-state index is 12.4. The maximum Gasteiger partial charge on any atom is 0.350 e. The number of rotatable bonds is 5. The molecule has 0 aromatic carbocycles. The van der Waals surface area contributed by atoms with Crippen LogP contribution in [0.4, 0.5) is 0 Å². The zero-order chi connectivity index (χ0) is 17.8. The van der Waals surface area contributed by atoms with Gasteiger partial charge in [-0.25, -0.2) is 9.48 Å². The molecule has 2 aromatic rings. The zero-order valence-electron chi connectivity index (χ0n) is 15.7. The van der Waals surface area contributed by atoms with Gasteiger partial charge in [0.1, 0.15) is 0 Å². The van der Waals surface area contributed by atoms with E-state index in [0.29, 0.717) is 6.54 Å². The van der Waals surface area contributed by atoms with Gasteiger partial charge in [0.2, 0.25) is 0 Å². The van der Waals surface area contributed by atoms with Gasteiger partial charge in [-0.1, -0.05) is 25.3 Å². The molecule has 1 saturated heterocycles. The van der Waals surface area contributed by atoms with Gasteiger partial charge in [-0.15, -0.1) is 5.10 Å². The van der Waals surface area contributed by atoms with Crippen molar-refractivity contribution in [3.63, 3.8) is 0 Å². The molecule has 2 aromatic heterocycles. The van der Waals surface area contributed by atoms with Crippen LogP contribution in [0.2, 0.25) is 0 Å². The SMILES string of the molecule is O=c1n(CCN2CCCN(CC3CCCCC3)CC2)nc2ccccn12. The monoisotopic (exact) mass is 357 g/mol. The molecule has 0 amide bonds. The van der Waals surface area contributed by atoms with E-state index >= 15 is 0 Å². The number of hydrogen-bond donors (Lipinski definition) is 0. The van der Waals surface area contributed by atoms with E-state index in [4.69, 9.17) is 0 Å². The third kappa shape index (κ3) is 4.18. The number of hydrogen-bond acceptors (Lipinski definition) is 4. The van der Waals surface area contributed by atoms with Crippen LogP contribution in [0.1, 0.15) is 38.5 Å². The molecule has 2 aliphatic rings. The fourth-order valence-corrected chi connectivity index (χ4v) is 4.52. The second-order valence-corrected chi connectivity index (χ2v) is 7.93. The molecule has 1 saturated carbocycles. The average Bonchev–Trinajstić information content (AvgIpc) is 2.84. The summed E-state index contributed by atoms with van der Waals surface area (Å²) in [5.74, 6) is 0.923. The van der Waals surface area contributed by atoms with E-state index in [1.54, 1.807) is 15.3 Å². The summed E-state index contributed by atoms with van der Waals surface area (Å²) < 4.78 is 3.23. The minimum atomic E-state index is -0.0330. The van der Waals surface area contributed by atoms with Gasteiger partial charge in [-0.3, -0.25) is 4.40 Å². The van der Waals surface area contributed by atoms with E-state index in [-0.39, 0.29) is 5.69 Å². The largest absolute Gasteiger partial charge is 0.350 e. The highest BCUT2D eigenvalue weighted by Crippen LogP contribution is 2.24. The van der Waals surface area contributed by atoms with Crippen LogP contribution in [0.25, 0.3) is 5.65 Å². The zero-order valence-corrected chi connectivity index (χ0v) is 15.7. The lowest BCUT2D eigenvalue weighted by molar-refractivity contribution is 0.200. The molecule has 0 unspecified atom stereocenters. The molecule has 3 heterocycles. The van der Waals surface area contributed by atoms with Crippen molar-refractivity contribution in [3.8, 4) is 0 Å². The molecule has 0 spiro atoms. The van der Waals surface area contributed by atoms with Crippen LogP contribution in [-0.4, -0.2) is 63.2 Å². The molecule has 1 aliphatic heterocycles. The predicted molar refractivity (Wildman–Crippen MR) is 104 cm³/mol. The van der Waals surface area contributed by atoms with Crippen LogP contribution >= 0.6 is 0 Å². The number of fused-ring (bicyclic) bond motifs is 1. The Bertz CT molecular complexity index is 761. The van der Waals surface area contributed by atoms with E-state index in [0.717, 1.165) is 37.7 Å². The summed E-state index contributed by atoms with van der Waals surface area (Å²) in [6.45, 7) is 7.49. The van der Waals surface area contributed by atoms with Gasteiger partial charge in [-0.05, 0) is 50.4 Å². The standard InChI is InChI=1S/C20H31N5O/c26-20-24-12-5-4-9-19(24)21-25(20)16-15-22-10-6-11-23(14-13-22)17-18-7-2-1-3-8-18/h4-5,9,12,18H,1-3,6-8,10-11,13-17H2. The minimum absolute atomic E-state index is 0.0330. The summed E-state index contributed by atoms with van der Waals surface area (Å²) in [6.07, 6.45) is 10.2. The smallest absolute Gasteiger partial charge is 0.302 e. The normalized spacial score (nSPS) is 21.2. The molecule has 0 N–H and O–H groups in total. The van der Waals surface area contributed by atoms with Gasteiger partial charge in [0.05, 0.1) is 6.54 Å². The fourth-order valence-electron chi connectivity index (χ4n) is 4.52. The van der Waals surface area contributed by atoms with Crippen LogP contribution in [0.15, 0.2) is 29.2 Å². The van der Waals surface area contributed by atoms with Gasteiger partial charge < -0.3 is 9.80 Å². The van der Waals surface area contributed by atoms with E-state index < -0.39 is 0 Å². The summed E-state index contributed by atoms with van der Waals surface area (Å²) in [5, 5.41) is 4.44. The number of aromatic nitrogens is 3. The molecule has 0 radical (unpaired) electrons. The van der Waals surface area contributed by atoms with Crippen LogP contribution in [0.5, 0.6) is 0 Å². The molecule has 6 nitrogen and oxygen atoms in total. The first-order chi connectivity index (χ1) is 12.8. The highest BCUT2D eigenvalue weighted by atomic mass is 16.2. The highest BCUT2D eigenvalue weighted by Gasteiger charge is 2.20. The summed E-state index contributed by atoms with van der Waals surface area (Å²) >= 11 is 0. The molecule has 0 atom stereocenters. The average molecular weight is 358 g/mol. The maximum atomic E-state index is 12.4. The summed E-state index contributed by atoms with van der Waals surface area (Å²) in [5.41, 5.74) is 0.696. The molecule has 26 heavy (non-hydrogen) atoms. The van der Waals surface area contributed by atoms with Crippen molar-refractivity contribution in [1.29, 1.82) is 0 Å². The van der Waals surface area contributed by atoms with E-state index in [9.17, 15) is 4.79 Å². The Balaban J connectivity index is 1.29. The van der Waals surface area contributed by atoms with Crippen molar-refractivity contribution in [2.45, 2.75) is 45.1 Å². The predicted octanol–water partition coefficient (Wildman–Crippen LogP) is 2.08. The molecule has 2 fully saturated rings.